The van der Waals surface area contributed by atoms with Crippen molar-refractivity contribution in [1.82, 2.24) is 0 Å². The van der Waals surface area contributed by atoms with E-state index in [4.69, 9.17) is 37.0 Å². The van der Waals surface area contributed by atoms with Crippen LogP contribution < -0.4 is 0 Å². The van der Waals surface area contributed by atoms with E-state index in [2.05, 4.69) is 186 Å². The molecule has 0 amide bonds. The summed E-state index contributed by atoms with van der Waals surface area (Å²) < 4.78 is 68.3. The van der Waals surface area contributed by atoms with Crippen LogP contribution in [0, 0.1) is 0 Å². The molecule has 5 atom stereocenters. The number of allylic oxidation sites excluding steroid dienone is 29. The van der Waals surface area contributed by atoms with Crippen molar-refractivity contribution in [2.24, 2.45) is 0 Å². The van der Waals surface area contributed by atoms with E-state index in [1.54, 1.807) is 12.2 Å². The van der Waals surface area contributed by atoms with Crippen molar-refractivity contribution >= 4 is 39.5 Å². The van der Waals surface area contributed by atoms with Crippen molar-refractivity contribution in [3.63, 3.8) is 0 Å². The molecule has 0 saturated heterocycles. The first-order chi connectivity index (χ1) is 50.7. The molecule has 0 spiro atoms. The normalized spacial score (nSPS) is 14.9. The number of unbranched alkanes of at least 4 members (excludes halogenated alkanes) is 16. The summed E-state index contributed by atoms with van der Waals surface area (Å²) >= 11 is 0. The van der Waals surface area contributed by atoms with Crippen LogP contribution in [0.1, 0.15) is 272 Å². The van der Waals surface area contributed by atoms with Gasteiger partial charge in [0.2, 0.25) is 0 Å². The molecule has 0 heterocycles. The molecule has 0 aromatic rings. The van der Waals surface area contributed by atoms with E-state index in [0.717, 1.165) is 186 Å². The minimum absolute atomic E-state index is 0.0675. The summed E-state index contributed by atoms with van der Waals surface area (Å²) in [4.78, 5) is 72.9. The molecule has 0 aliphatic heterocycles. The fraction of sp³-hybridized carbons (Fsp3) is 0.600. The van der Waals surface area contributed by atoms with Crippen LogP contribution in [0.4, 0.5) is 0 Å². The molecule has 588 valence electrons. The third-order valence-corrected chi connectivity index (χ3v) is 17.3. The second-order valence-corrected chi connectivity index (χ2v) is 28.1. The number of hydrogen-bond donors (Lipinski definition) is 3. The molecule has 0 aromatic carbocycles. The lowest BCUT2D eigenvalue weighted by atomic mass is 10.1. The van der Waals surface area contributed by atoms with Crippen LogP contribution in [0.5, 0.6) is 0 Å². The molecule has 0 saturated carbocycles. The van der Waals surface area contributed by atoms with Crippen LogP contribution in [0.2, 0.25) is 0 Å². The Labute approximate surface area is 628 Å². The largest absolute Gasteiger partial charge is 0.472 e. The number of esters is 4. The average Bonchev–Trinajstić information content (AvgIpc) is 0.931. The van der Waals surface area contributed by atoms with Gasteiger partial charge in [0.15, 0.2) is 12.2 Å². The summed E-state index contributed by atoms with van der Waals surface area (Å²) in [6.45, 7) is 4.28. The van der Waals surface area contributed by atoms with Crippen LogP contribution in [0.3, 0.4) is 0 Å². The number of phosphoric acid groups is 2. The smallest absolute Gasteiger partial charge is 0.462 e. The molecule has 0 bridgehead atoms. The second kappa shape index (κ2) is 75.4. The standard InChI is InChI=1S/C85H136O17P2/c1-5-9-13-17-21-25-29-32-35-37-39-41-44-46-50-53-57-61-65-69-82(87)95-75-80(101-84(89)71-67-63-59-55-49-28-24-20-16-12-8-4)77-99-103(91,92)97-73-79(86)74-98-104(93,94)100-78-81(102-85(90)72-68-64-60-56-52-48-43-34-31-27-23-19-15-11-7-3)76-96-83(88)70-66-62-58-54-51-47-45-42-40-38-36-33-30-26-22-18-14-10-6-2/h9-11,13-15,20-27,32-36,39-43,46,50,52,56,64,68,79-81,86H,5-8,12,16-19,28-31,37-38,44-45,47-49,51,53-55,57-63,65-67,69-78H2,1-4H3,(H,91,92)(H,93,94)/b13-9-,14-10-,15-11-,24-20-,25-21-,26-22-,27-23-,35-32-,36-33-,41-39-,42-40-,43-34-,50-46-,56-52-,68-64-. The van der Waals surface area contributed by atoms with Gasteiger partial charge in [-0.25, -0.2) is 9.13 Å². The van der Waals surface area contributed by atoms with Gasteiger partial charge in [-0.2, -0.15) is 0 Å². The fourth-order valence-electron chi connectivity index (χ4n) is 9.53. The molecule has 5 unspecified atom stereocenters. The van der Waals surface area contributed by atoms with E-state index < -0.39 is 97.5 Å². The zero-order valence-electron chi connectivity index (χ0n) is 64.1. The van der Waals surface area contributed by atoms with Crippen LogP contribution in [0.15, 0.2) is 182 Å². The summed E-state index contributed by atoms with van der Waals surface area (Å²) in [5, 5.41) is 10.6. The van der Waals surface area contributed by atoms with Crippen molar-refractivity contribution in [1.29, 1.82) is 0 Å². The summed E-state index contributed by atoms with van der Waals surface area (Å²) in [7, 11) is -10.0. The van der Waals surface area contributed by atoms with E-state index in [0.29, 0.717) is 25.7 Å². The average molecular weight is 1490 g/mol. The summed E-state index contributed by atoms with van der Waals surface area (Å²) in [6, 6.07) is 0. The highest BCUT2D eigenvalue weighted by Crippen LogP contribution is 2.45. The van der Waals surface area contributed by atoms with E-state index >= 15 is 0 Å². The lowest BCUT2D eigenvalue weighted by molar-refractivity contribution is -0.161. The highest BCUT2D eigenvalue weighted by atomic mass is 31.2. The topological polar surface area (TPSA) is 237 Å². The van der Waals surface area contributed by atoms with Gasteiger partial charge < -0.3 is 33.8 Å². The molecule has 19 heteroatoms. The van der Waals surface area contributed by atoms with Gasteiger partial charge in [0.05, 0.1) is 32.8 Å². The first-order valence-corrected chi connectivity index (χ1v) is 42.0. The van der Waals surface area contributed by atoms with Gasteiger partial charge >= 0.3 is 39.5 Å². The van der Waals surface area contributed by atoms with Gasteiger partial charge in [-0.15, -0.1) is 0 Å². The monoisotopic (exact) mass is 1490 g/mol. The number of rotatable bonds is 71. The quantitative estimate of drug-likeness (QED) is 0.0169. The maximum atomic E-state index is 13.1. The summed E-state index contributed by atoms with van der Waals surface area (Å²) in [5.74, 6) is -2.40. The molecule has 0 radical (unpaired) electrons. The van der Waals surface area contributed by atoms with E-state index in [1.165, 1.54) is 6.42 Å². The van der Waals surface area contributed by atoms with Gasteiger partial charge in [-0.1, -0.05) is 274 Å². The Morgan fingerprint density at radius 3 is 0.875 bits per heavy atom. The Morgan fingerprint density at radius 1 is 0.288 bits per heavy atom. The SMILES string of the molecule is CC/C=C\C/C=C\C/C=C\C/C=C\C/C=C\CCCCCC(=O)OCC(COP(=O)(O)OCC(O)COP(=O)(O)OCC(COC(=O)CCCCCCCC/C=C\C/C=C\C/C=C\C/C=C\CC)OC(=O)C/C=C\C/C=C\C/C=C\C/C=C\C/C=C\CC)OC(=O)CCCCCCC/C=C\CCCC. The highest BCUT2D eigenvalue weighted by Gasteiger charge is 2.30. The van der Waals surface area contributed by atoms with Crippen molar-refractivity contribution in [3.05, 3.63) is 182 Å². The van der Waals surface area contributed by atoms with Crippen LogP contribution in [-0.4, -0.2) is 96.7 Å². The Kier molecular flexibility index (Phi) is 71.2. The number of phosphoric ester groups is 2. The number of hydrogen-bond acceptors (Lipinski definition) is 15. The molecule has 0 aromatic heterocycles. The first-order valence-electron chi connectivity index (χ1n) is 39.0. The van der Waals surface area contributed by atoms with Crippen LogP contribution in [-0.2, 0) is 65.4 Å². The van der Waals surface area contributed by atoms with E-state index in [9.17, 15) is 43.2 Å². The number of aliphatic hydroxyl groups is 1. The Morgan fingerprint density at radius 2 is 0.538 bits per heavy atom. The van der Waals surface area contributed by atoms with Crippen molar-refractivity contribution in [2.75, 3.05) is 39.6 Å². The van der Waals surface area contributed by atoms with E-state index in [1.807, 2.05) is 12.2 Å². The predicted molar refractivity (Wildman–Crippen MR) is 426 cm³/mol. The summed E-state index contributed by atoms with van der Waals surface area (Å²) in [5.41, 5.74) is 0. The lowest BCUT2D eigenvalue weighted by Gasteiger charge is -2.21. The Hall–Kier alpha value is -5.84. The maximum Gasteiger partial charge on any atom is 0.472 e. The molecule has 0 aliphatic carbocycles. The molecular formula is C85H136O17P2. The molecule has 0 aliphatic rings. The second-order valence-electron chi connectivity index (χ2n) is 25.2. The molecule has 0 fully saturated rings. The molecule has 3 N–H and O–H groups in total. The van der Waals surface area contributed by atoms with E-state index in [-0.39, 0.29) is 25.7 Å². The minimum Gasteiger partial charge on any atom is -0.462 e. The third-order valence-electron chi connectivity index (χ3n) is 15.4. The first kappa shape index (κ1) is 98.2. The van der Waals surface area contributed by atoms with Crippen LogP contribution >= 0.6 is 15.6 Å². The van der Waals surface area contributed by atoms with Gasteiger partial charge in [0.1, 0.15) is 19.3 Å². The minimum atomic E-state index is -5.01. The Bertz CT molecular complexity index is 2690. The highest BCUT2D eigenvalue weighted by molar-refractivity contribution is 7.47. The van der Waals surface area contributed by atoms with Crippen LogP contribution in [0.25, 0.3) is 0 Å². The van der Waals surface area contributed by atoms with Gasteiger partial charge in [-0.05, 0) is 154 Å². The third kappa shape index (κ3) is 74.4. The molecule has 0 rings (SSSR count). The molecule has 17 nitrogen and oxygen atoms in total. The predicted octanol–water partition coefficient (Wildman–Crippen LogP) is 22.8. The maximum absolute atomic E-state index is 13.1. The summed E-state index contributed by atoms with van der Waals surface area (Å²) in [6.07, 6.45) is 90.6. The Balaban J connectivity index is 5.44. The number of carbonyl (C=O) groups is 4. The van der Waals surface area contributed by atoms with Crippen molar-refractivity contribution < 1.29 is 80.2 Å². The number of aliphatic hydroxyl groups excluding tert-OH is 1. The molecular weight excluding hydrogens is 1350 g/mol. The zero-order valence-corrected chi connectivity index (χ0v) is 65.9. The van der Waals surface area contributed by atoms with Gasteiger partial charge in [-0.3, -0.25) is 37.3 Å². The van der Waals surface area contributed by atoms with Gasteiger partial charge in [0.25, 0.3) is 0 Å². The van der Waals surface area contributed by atoms with Gasteiger partial charge in [0, 0.05) is 19.3 Å². The zero-order chi connectivity index (χ0) is 76.0. The lowest BCUT2D eigenvalue weighted by Crippen LogP contribution is -2.30. The fourth-order valence-corrected chi connectivity index (χ4v) is 11.1. The van der Waals surface area contributed by atoms with Crippen molar-refractivity contribution in [3.8, 4) is 0 Å². The molecule has 104 heavy (non-hydrogen) atoms. The van der Waals surface area contributed by atoms with Crippen molar-refractivity contribution in [2.45, 2.75) is 290 Å². The number of carbonyl (C=O) groups excluding carboxylic acids is 4. The number of ether oxygens (including phenoxy) is 4.